The number of ether oxygens (including phenoxy) is 1. The summed E-state index contributed by atoms with van der Waals surface area (Å²) in [6.07, 6.45) is 1.38. The van der Waals surface area contributed by atoms with Gasteiger partial charge in [0.05, 0.1) is 23.8 Å². The minimum Gasteiger partial charge on any atom is -0.492 e. The number of carbonyl (C=O) groups is 1. The van der Waals surface area contributed by atoms with Crippen molar-refractivity contribution in [1.82, 2.24) is 14.9 Å². The molecule has 7 heteroatoms. The molecule has 1 amide bonds. The van der Waals surface area contributed by atoms with Gasteiger partial charge >= 0.3 is 0 Å². The predicted molar refractivity (Wildman–Crippen MR) is 96.0 cm³/mol. The van der Waals surface area contributed by atoms with Gasteiger partial charge in [0, 0.05) is 5.02 Å². The van der Waals surface area contributed by atoms with E-state index < -0.39 is 0 Å². The molecule has 0 bridgehead atoms. The lowest BCUT2D eigenvalue weighted by Gasteiger charge is -2.09. The van der Waals surface area contributed by atoms with E-state index in [1.165, 1.54) is 10.9 Å². The smallest absolute Gasteiger partial charge is 0.261 e. The van der Waals surface area contributed by atoms with Crippen LogP contribution in [0.15, 0.2) is 59.7 Å². The van der Waals surface area contributed by atoms with Crippen LogP contribution in [0.1, 0.15) is 0 Å². The van der Waals surface area contributed by atoms with Crippen LogP contribution in [-0.2, 0) is 11.3 Å². The summed E-state index contributed by atoms with van der Waals surface area (Å²) in [5, 5.41) is 3.83. The number of nitrogens with one attached hydrogen (secondary N) is 1. The van der Waals surface area contributed by atoms with Gasteiger partial charge in [0.1, 0.15) is 18.9 Å². The fourth-order valence-electron chi connectivity index (χ4n) is 2.32. The van der Waals surface area contributed by atoms with E-state index in [1.54, 1.807) is 42.5 Å². The van der Waals surface area contributed by atoms with Crippen molar-refractivity contribution in [3.05, 3.63) is 70.2 Å². The normalized spacial score (nSPS) is 10.6. The van der Waals surface area contributed by atoms with Crippen molar-refractivity contribution in [2.24, 2.45) is 0 Å². The largest absolute Gasteiger partial charge is 0.492 e. The van der Waals surface area contributed by atoms with Crippen LogP contribution in [0, 0.1) is 0 Å². The standard InChI is InChI=1S/C18H16ClN3O3/c19-13-5-7-14(8-6-13)25-10-9-20-17(23)11-22-12-21-16-4-2-1-3-15(16)18(22)24/h1-8,12H,9-11H2,(H,20,23). The van der Waals surface area contributed by atoms with Gasteiger partial charge in [0.15, 0.2) is 0 Å². The summed E-state index contributed by atoms with van der Waals surface area (Å²) in [7, 11) is 0. The number of carbonyl (C=O) groups excluding carboxylic acids is 1. The van der Waals surface area contributed by atoms with Crippen LogP contribution in [0.2, 0.25) is 5.02 Å². The maximum absolute atomic E-state index is 12.3. The molecule has 0 saturated carbocycles. The topological polar surface area (TPSA) is 73.2 Å². The van der Waals surface area contributed by atoms with Crippen molar-refractivity contribution in [2.45, 2.75) is 6.54 Å². The summed E-state index contributed by atoms with van der Waals surface area (Å²) >= 11 is 5.80. The molecule has 0 saturated heterocycles. The van der Waals surface area contributed by atoms with E-state index in [2.05, 4.69) is 10.3 Å². The fourth-order valence-corrected chi connectivity index (χ4v) is 2.45. The van der Waals surface area contributed by atoms with Gasteiger partial charge in [-0.25, -0.2) is 4.98 Å². The van der Waals surface area contributed by atoms with Gasteiger partial charge in [-0.3, -0.25) is 14.2 Å². The highest BCUT2D eigenvalue weighted by molar-refractivity contribution is 6.30. The summed E-state index contributed by atoms with van der Waals surface area (Å²) in [5.74, 6) is 0.396. The first-order valence-electron chi connectivity index (χ1n) is 7.73. The number of benzene rings is 2. The maximum Gasteiger partial charge on any atom is 0.261 e. The minimum absolute atomic E-state index is 0.0857. The van der Waals surface area contributed by atoms with E-state index in [-0.39, 0.29) is 18.0 Å². The molecular weight excluding hydrogens is 342 g/mol. The summed E-state index contributed by atoms with van der Waals surface area (Å²) < 4.78 is 6.78. The maximum atomic E-state index is 12.3. The van der Waals surface area contributed by atoms with Crippen molar-refractivity contribution in [3.63, 3.8) is 0 Å². The first-order valence-corrected chi connectivity index (χ1v) is 8.10. The van der Waals surface area contributed by atoms with Crippen molar-refractivity contribution in [3.8, 4) is 5.75 Å². The molecule has 128 valence electrons. The van der Waals surface area contributed by atoms with Crippen molar-refractivity contribution in [2.75, 3.05) is 13.2 Å². The lowest BCUT2D eigenvalue weighted by Crippen LogP contribution is -2.34. The summed E-state index contributed by atoms with van der Waals surface area (Å²) in [6.45, 7) is 0.563. The lowest BCUT2D eigenvalue weighted by atomic mass is 10.2. The average Bonchev–Trinajstić information content (AvgIpc) is 2.63. The van der Waals surface area contributed by atoms with Gasteiger partial charge < -0.3 is 10.1 Å². The number of nitrogens with zero attached hydrogens (tertiary/aromatic N) is 2. The second-order valence-electron chi connectivity index (χ2n) is 5.35. The molecular formula is C18H16ClN3O3. The zero-order valence-corrected chi connectivity index (χ0v) is 14.1. The van der Waals surface area contributed by atoms with Gasteiger partial charge in [-0.2, -0.15) is 0 Å². The molecule has 25 heavy (non-hydrogen) atoms. The van der Waals surface area contributed by atoms with E-state index in [4.69, 9.17) is 16.3 Å². The zero-order chi connectivity index (χ0) is 17.6. The quantitative estimate of drug-likeness (QED) is 0.687. The molecule has 3 aromatic rings. The average molecular weight is 358 g/mol. The molecule has 6 nitrogen and oxygen atoms in total. The van der Waals surface area contributed by atoms with E-state index in [0.29, 0.717) is 34.8 Å². The van der Waals surface area contributed by atoms with E-state index >= 15 is 0 Å². The Morgan fingerprint density at radius 1 is 1.16 bits per heavy atom. The Bertz CT molecular complexity index is 938. The number of halogens is 1. The van der Waals surface area contributed by atoms with Crippen molar-refractivity contribution < 1.29 is 9.53 Å². The minimum atomic E-state index is -0.279. The third-order valence-electron chi connectivity index (χ3n) is 3.55. The summed E-state index contributed by atoms with van der Waals surface area (Å²) in [6, 6.07) is 14.0. The van der Waals surface area contributed by atoms with Crippen LogP contribution in [-0.4, -0.2) is 28.6 Å². The first kappa shape index (κ1) is 17.0. The monoisotopic (exact) mass is 357 g/mol. The van der Waals surface area contributed by atoms with Gasteiger partial charge in [-0.15, -0.1) is 0 Å². The SMILES string of the molecule is O=C(Cn1cnc2ccccc2c1=O)NCCOc1ccc(Cl)cc1. The van der Waals surface area contributed by atoms with E-state index in [9.17, 15) is 9.59 Å². The third kappa shape index (κ3) is 4.36. The van der Waals surface area contributed by atoms with Crippen LogP contribution >= 0.6 is 11.6 Å². The van der Waals surface area contributed by atoms with Crippen molar-refractivity contribution in [1.29, 1.82) is 0 Å². The molecule has 2 aromatic carbocycles. The van der Waals surface area contributed by atoms with Crippen LogP contribution in [0.25, 0.3) is 10.9 Å². The Balaban J connectivity index is 1.52. The molecule has 0 aliphatic carbocycles. The molecule has 1 aromatic heterocycles. The highest BCUT2D eigenvalue weighted by atomic mass is 35.5. The number of amides is 1. The Hall–Kier alpha value is -2.86. The molecule has 3 rings (SSSR count). The number of hydrogen-bond donors (Lipinski definition) is 1. The summed E-state index contributed by atoms with van der Waals surface area (Å²) in [4.78, 5) is 28.5. The zero-order valence-electron chi connectivity index (χ0n) is 13.3. The fraction of sp³-hybridized carbons (Fsp3) is 0.167. The first-order chi connectivity index (χ1) is 12.1. The number of para-hydroxylation sites is 1. The summed E-state index contributed by atoms with van der Waals surface area (Å²) in [5.41, 5.74) is 0.374. The molecule has 0 spiro atoms. The molecule has 0 aliphatic rings. The van der Waals surface area contributed by atoms with Crippen LogP contribution < -0.4 is 15.6 Å². The Kier molecular flexibility index (Phi) is 5.30. The molecule has 1 N–H and O–H groups in total. The van der Waals surface area contributed by atoms with Crippen LogP contribution in [0.5, 0.6) is 5.75 Å². The Morgan fingerprint density at radius 2 is 1.92 bits per heavy atom. The Labute approximate surface area is 149 Å². The molecule has 0 atom stereocenters. The lowest BCUT2D eigenvalue weighted by molar-refractivity contribution is -0.121. The molecule has 0 fully saturated rings. The number of rotatable bonds is 6. The van der Waals surface area contributed by atoms with E-state index in [1.807, 2.05) is 6.07 Å². The highest BCUT2D eigenvalue weighted by Gasteiger charge is 2.07. The molecule has 0 aliphatic heterocycles. The third-order valence-corrected chi connectivity index (χ3v) is 3.80. The number of aromatic nitrogens is 2. The molecule has 0 radical (unpaired) electrons. The van der Waals surface area contributed by atoms with Crippen LogP contribution in [0.3, 0.4) is 0 Å². The van der Waals surface area contributed by atoms with Gasteiger partial charge in [-0.05, 0) is 36.4 Å². The van der Waals surface area contributed by atoms with Gasteiger partial charge in [-0.1, -0.05) is 23.7 Å². The second kappa shape index (κ2) is 7.81. The number of hydrogen-bond acceptors (Lipinski definition) is 4. The highest BCUT2D eigenvalue weighted by Crippen LogP contribution is 2.15. The molecule has 1 heterocycles. The van der Waals surface area contributed by atoms with Crippen molar-refractivity contribution >= 4 is 28.4 Å². The molecule has 0 unspecified atom stereocenters. The van der Waals surface area contributed by atoms with Crippen LogP contribution in [0.4, 0.5) is 0 Å². The second-order valence-corrected chi connectivity index (χ2v) is 5.78. The Morgan fingerprint density at radius 3 is 2.72 bits per heavy atom. The van der Waals surface area contributed by atoms with Gasteiger partial charge in [0.2, 0.25) is 5.91 Å². The van der Waals surface area contributed by atoms with E-state index in [0.717, 1.165) is 0 Å². The predicted octanol–water partition coefficient (Wildman–Crippen LogP) is 2.25. The number of fused-ring (bicyclic) bond motifs is 1. The van der Waals surface area contributed by atoms with Gasteiger partial charge in [0.25, 0.3) is 5.56 Å².